The zero-order valence-electron chi connectivity index (χ0n) is 17.7. The van der Waals surface area contributed by atoms with Crippen LogP contribution in [0.4, 0.5) is 5.69 Å². The number of benzene rings is 2. The van der Waals surface area contributed by atoms with E-state index >= 15 is 0 Å². The maximum Gasteiger partial charge on any atom is 0.191 e. The molecular weight excluding hydrogens is 364 g/mol. The van der Waals surface area contributed by atoms with Crippen LogP contribution < -0.4 is 20.3 Å². The number of para-hydroxylation sites is 1. The first-order chi connectivity index (χ1) is 14.2. The van der Waals surface area contributed by atoms with E-state index in [-0.39, 0.29) is 0 Å². The Morgan fingerprint density at radius 1 is 1.10 bits per heavy atom. The zero-order chi connectivity index (χ0) is 20.5. The molecule has 0 saturated carbocycles. The second kappa shape index (κ2) is 10.7. The van der Waals surface area contributed by atoms with Crippen LogP contribution >= 0.6 is 0 Å². The van der Waals surface area contributed by atoms with Crippen LogP contribution in [0.2, 0.25) is 0 Å². The lowest BCUT2D eigenvalue weighted by Gasteiger charge is -2.30. The van der Waals surface area contributed by atoms with E-state index in [1.165, 1.54) is 22.4 Å². The van der Waals surface area contributed by atoms with E-state index in [2.05, 4.69) is 63.8 Å². The fraction of sp³-hybridized carbons (Fsp3) is 0.435. The lowest BCUT2D eigenvalue weighted by molar-refractivity contribution is 0.122. The highest BCUT2D eigenvalue weighted by atomic mass is 16.5. The molecule has 1 aliphatic rings. The maximum absolute atomic E-state index is 5.49. The molecule has 0 spiro atoms. The number of morpholine rings is 1. The molecule has 3 rings (SSSR count). The fourth-order valence-electron chi connectivity index (χ4n) is 3.59. The number of nitrogens with zero attached hydrogens (tertiary/aromatic N) is 2. The third-order valence-corrected chi connectivity index (χ3v) is 5.14. The lowest BCUT2D eigenvalue weighted by atomic mass is 10.1. The molecule has 1 fully saturated rings. The average Bonchev–Trinajstić information content (AvgIpc) is 2.77. The van der Waals surface area contributed by atoms with Gasteiger partial charge in [-0.2, -0.15) is 0 Å². The van der Waals surface area contributed by atoms with Gasteiger partial charge in [-0.3, -0.25) is 4.99 Å². The number of aliphatic imine (C=N–C) groups is 1. The number of ether oxygens (including phenoxy) is 2. The topological polar surface area (TPSA) is 58.1 Å². The Balaban J connectivity index is 1.54. The Kier molecular flexibility index (Phi) is 7.76. The first-order valence-electron chi connectivity index (χ1n) is 10.2. The predicted octanol–water partition coefficient (Wildman–Crippen LogP) is 2.75. The van der Waals surface area contributed by atoms with E-state index in [1.807, 2.05) is 6.07 Å². The second-order valence-electron chi connectivity index (χ2n) is 7.15. The van der Waals surface area contributed by atoms with Gasteiger partial charge in [0.05, 0.1) is 20.3 Å². The van der Waals surface area contributed by atoms with E-state index in [9.17, 15) is 0 Å². The van der Waals surface area contributed by atoms with Gasteiger partial charge in [0, 0.05) is 38.9 Å². The smallest absolute Gasteiger partial charge is 0.191 e. The quantitative estimate of drug-likeness (QED) is 0.557. The van der Waals surface area contributed by atoms with E-state index in [1.54, 1.807) is 14.2 Å². The molecule has 1 heterocycles. The molecule has 156 valence electrons. The summed E-state index contributed by atoms with van der Waals surface area (Å²) in [5.41, 5.74) is 4.97. The highest BCUT2D eigenvalue weighted by Crippen LogP contribution is 2.21. The van der Waals surface area contributed by atoms with Crippen molar-refractivity contribution in [2.75, 3.05) is 51.9 Å². The molecule has 0 aliphatic carbocycles. The minimum atomic E-state index is 0.723. The maximum atomic E-state index is 5.49. The molecule has 29 heavy (non-hydrogen) atoms. The molecule has 2 aromatic rings. The van der Waals surface area contributed by atoms with Crippen molar-refractivity contribution in [2.45, 2.75) is 19.9 Å². The highest BCUT2D eigenvalue weighted by molar-refractivity contribution is 5.79. The number of nitrogens with one attached hydrogen (secondary N) is 2. The van der Waals surface area contributed by atoms with Gasteiger partial charge in [-0.05, 0) is 36.6 Å². The van der Waals surface area contributed by atoms with Crippen molar-refractivity contribution in [2.24, 2.45) is 4.99 Å². The predicted molar refractivity (Wildman–Crippen MR) is 119 cm³/mol. The van der Waals surface area contributed by atoms with Crippen LogP contribution in [-0.4, -0.2) is 53.0 Å². The molecular formula is C23H32N4O2. The van der Waals surface area contributed by atoms with Crippen LogP contribution in [0, 0.1) is 6.92 Å². The Bertz CT molecular complexity index is 816. The number of hydrogen-bond donors (Lipinski definition) is 2. The first kappa shape index (κ1) is 21.0. The Hall–Kier alpha value is -2.73. The molecule has 0 radical (unpaired) electrons. The summed E-state index contributed by atoms with van der Waals surface area (Å²) in [6.07, 6.45) is 0.871. The van der Waals surface area contributed by atoms with Crippen LogP contribution in [0.25, 0.3) is 0 Å². The average molecular weight is 397 g/mol. The molecule has 6 nitrogen and oxygen atoms in total. The summed E-state index contributed by atoms with van der Waals surface area (Å²) in [5, 5.41) is 6.85. The molecule has 1 saturated heterocycles. The second-order valence-corrected chi connectivity index (χ2v) is 7.15. The zero-order valence-corrected chi connectivity index (χ0v) is 17.7. The van der Waals surface area contributed by atoms with E-state index in [4.69, 9.17) is 9.47 Å². The van der Waals surface area contributed by atoms with Crippen molar-refractivity contribution in [1.29, 1.82) is 0 Å². The Morgan fingerprint density at radius 2 is 1.90 bits per heavy atom. The summed E-state index contributed by atoms with van der Waals surface area (Å²) in [6.45, 7) is 7.04. The van der Waals surface area contributed by atoms with Gasteiger partial charge in [0.15, 0.2) is 5.96 Å². The van der Waals surface area contributed by atoms with Gasteiger partial charge >= 0.3 is 0 Å². The molecule has 2 aromatic carbocycles. The van der Waals surface area contributed by atoms with E-state index < -0.39 is 0 Å². The minimum Gasteiger partial charge on any atom is -0.496 e. The van der Waals surface area contributed by atoms with Crippen molar-refractivity contribution in [3.8, 4) is 5.75 Å². The normalized spacial score (nSPS) is 14.6. The van der Waals surface area contributed by atoms with Gasteiger partial charge in [0.2, 0.25) is 0 Å². The summed E-state index contributed by atoms with van der Waals surface area (Å²) in [4.78, 5) is 6.76. The van der Waals surface area contributed by atoms with Crippen molar-refractivity contribution in [3.05, 3.63) is 59.2 Å². The number of rotatable bonds is 7. The van der Waals surface area contributed by atoms with Crippen LogP contribution in [-0.2, 0) is 17.7 Å². The largest absolute Gasteiger partial charge is 0.496 e. The summed E-state index contributed by atoms with van der Waals surface area (Å²) >= 11 is 0. The number of hydrogen-bond acceptors (Lipinski definition) is 4. The standard InChI is InChI=1S/C23H32N4O2/c1-18-8-9-22(28-3)19(16-18)10-11-25-23(24-2)26-17-20-6-4-5-7-21(20)27-12-14-29-15-13-27/h4-9,16H,10-15,17H2,1-3H3,(H2,24,25,26). The highest BCUT2D eigenvalue weighted by Gasteiger charge is 2.14. The van der Waals surface area contributed by atoms with E-state index in [0.717, 1.165) is 57.5 Å². The summed E-state index contributed by atoms with van der Waals surface area (Å²) in [5.74, 6) is 1.73. The Labute approximate surface area is 173 Å². The SMILES string of the molecule is CN=C(NCCc1cc(C)ccc1OC)NCc1ccccc1N1CCOCC1. The number of methoxy groups -OCH3 is 1. The van der Waals surface area contributed by atoms with Gasteiger partial charge in [0.1, 0.15) is 5.75 Å². The first-order valence-corrected chi connectivity index (χ1v) is 10.2. The van der Waals surface area contributed by atoms with Crippen LogP contribution in [0.5, 0.6) is 5.75 Å². The molecule has 0 bridgehead atoms. The molecule has 0 atom stereocenters. The molecule has 0 unspecified atom stereocenters. The molecule has 2 N–H and O–H groups in total. The van der Waals surface area contributed by atoms with Gasteiger partial charge < -0.3 is 25.0 Å². The Morgan fingerprint density at radius 3 is 2.66 bits per heavy atom. The molecule has 1 aliphatic heterocycles. The van der Waals surface area contributed by atoms with Gasteiger partial charge in [-0.15, -0.1) is 0 Å². The third-order valence-electron chi connectivity index (χ3n) is 5.14. The third kappa shape index (κ3) is 5.87. The monoisotopic (exact) mass is 396 g/mol. The summed E-state index contributed by atoms with van der Waals surface area (Å²) in [7, 11) is 3.52. The lowest BCUT2D eigenvalue weighted by Crippen LogP contribution is -2.39. The minimum absolute atomic E-state index is 0.723. The molecule has 6 heteroatoms. The fourth-order valence-corrected chi connectivity index (χ4v) is 3.59. The van der Waals surface area contributed by atoms with Crippen molar-refractivity contribution in [1.82, 2.24) is 10.6 Å². The molecule has 0 amide bonds. The van der Waals surface area contributed by atoms with Crippen molar-refractivity contribution >= 4 is 11.6 Å². The number of guanidine groups is 1. The molecule has 0 aromatic heterocycles. The number of anilines is 1. The summed E-state index contributed by atoms with van der Waals surface area (Å²) in [6, 6.07) is 14.8. The number of aryl methyl sites for hydroxylation is 1. The van der Waals surface area contributed by atoms with Gasteiger partial charge in [0.25, 0.3) is 0 Å². The van der Waals surface area contributed by atoms with Gasteiger partial charge in [-0.25, -0.2) is 0 Å². The van der Waals surface area contributed by atoms with Crippen molar-refractivity contribution in [3.63, 3.8) is 0 Å². The summed E-state index contributed by atoms with van der Waals surface area (Å²) < 4.78 is 11.0. The van der Waals surface area contributed by atoms with E-state index in [0.29, 0.717) is 0 Å². The van der Waals surface area contributed by atoms with Gasteiger partial charge in [-0.1, -0.05) is 35.9 Å². The van der Waals surface area contributed by atoms with Crippen LogP contribution in [0.3, 0.4) is 0 Å². The van der Waals surface area contributed by atoms with Crippen LogP contribution in [0.15, 0.2) is 47.5 Å². The van der Waals surface area contributed by atoms with Crippen molar-refractivity contribution < 1.29 is 9.47 Å². The van der Waals surface area contributed by atoms with Crippen LogP contribution in [0.1, 0.15) is 16.7 Å².